The fourth-order valence-corrected chi connectivity index (χ4v) is 2.88. The molecule has 0 radical (unpaired) electrons. The molecule has 4 heteroatoms. The van der Waals surface area contributed by atoms with Gasteiger partial charge in [0.05, 0.1) is 0 Å². The molecule has 2 atom stereocenters. The molecular weight excluding hydrogens is 267 g/mol. The van der Waals surface area contributed by atoms with Gasteiger partial charge in [-0.25, -0.2) is 4.39 Å². The molecule has 3 rings (SSSR count). The summed E-state index contributed by atoms with van der Waals surface area (Å²) in [5.74, 6) is 0.526. The lowest BCUT2D eigenvalue weighted by molar-refractivity contribution is 0.150. The molecule has 1 aromatic carbocycles. The van der Waals surface area contributed by atoms with Crippen LogP contribution in [0.1, 0.15) is 42.2 Å². The molecule has 0 saturated heterocycles. The number of rotatable bonds is 3. The van der Waals surface area contributed by atoms with Crippen molar-refractivity contribution in [1.82, 2.24) is 10.3 Å². The van der Waals surface area contributed by atoms with E-state index in [4.69, 9.17) is 4.74 Å². The van der Waals surface area contributed by atoms with Crippen LogP contribution in [0.5, 0.6) is 5.75 Å². The van der Waals surface area contributed by atoms with Gasteiger partial charge in [-0.2, -0.15) is 0 Å². The summed E-state index contributed by atoms with van der Waals surface area (Å²) in [6.07, 6.45) is 4.36. The first-order valence-electron chi connectivity index (χ1n) is 7.29. The standard InChI is InChI=1S/C17H19FN2O/c1-3-20-15-9-17(14-10-19-7-6-11(14)2)21-16-5-4-12(18)8-13(15)16/h4-8,10,15,17,20H,3,9H2,1-2H3. The smallest absolute Gasteiger partial charge is 0.127 e. The minimum atomic E-state index is -0.226. The molecular formula is C17H19FN2O. The third kappa shape index (κ3) is 2.76. The summed E-state index contributed by atoms with van der Waals surface area (Å²) in [6.45, 7) is 4.95. The van der Waals surface area contributed by atoms with Gasteiger partial charge in [-0.15, -0.1) is 0 Å². The molecule has 0 amide bonds. The molecule has 1 aliphatic heterocycles. The van der Waals surface area contributed by atoms with Gasteiger partial charge < -0.3 is 10.1 Å². The number of nitrogens with one attached hydrogen (secondary N) is 1. The maximum atomic E-state index is 13.5. The molecule has 110 valence electrons. The molecule has 1 N–H and O–H groups in total. The van der Waals surface area contributed by atoms with E-state index < -0.39 is 0 Å². The average Bonchev–Trinajstić information content (AvgIpc) is 2.48. The molecule has 2 unspecified atom stereocenters. The Labute approximate surface area is 124 Å². The highest BCUT2D eigenvalue weighted by Gasteiger charge is 2.30. The van der Waals surface area contributed by atoms with Crippen LogP contribution in [0, 0.1) is 12.7 Å². The van der Waals surface area contributed by atoms with Crippen molar-refractivity contribution in [3.05, 3.63) is 59.2 Å². The van der Waals surface area contributed by atoms with Crippen LogP contribution in [0.3, 0.4) is 0 Å². The van der Waals surface area contributed by atoms with Crippen molar-refractivity contribution in [2.45, 2.75) is 32.4 Å². The number of ether oxygens (including phenoxy) is 1. The highest BCUT2D eigenvalue weighted by Crippen LogP contribution is 2.41. The maximum Gasteiger partial charge on any atom is 0.127 e. The minimum absolute atomic E-state index is 0.0549. The van der Waals surface area contributed by atoms with Gasteiger partial charge in [-0.1, -0.05) is 6.92 Å². The molecule has 0 spiro atoms. The molecule has 1 aromatic heterocycles. The topological polar surface area (TPSA) is 34.2 Å². The van der Waals surface area contributed by atoms with E-state index in [0.717, 1.165) is 35.4 Å². The summed E-state index contributed by atoms with van der Waals surface area (Å²) in [6, 6.07) is 6.81. The van der Waals surface area contributed by atoms with Gasteiger partial charge in [-0.05, 0) is 43.3 Å². The predicted molar refractivity (Wildman–Crippen MR) is 79.8 cm³/mol. The number of aryl methyl sites for hydroxylation is 1. The second-order valence-corrected chi connectivity index (χ2v) is 5.37. The van der Waals surface area contributed by atoms with Gasteiger partial charge in [0.1, 0.15) is 17.7 Å². The van der Waals surface area contributed by atoms with Crippen LogP contribution in [0.4, 0.5) is 4.39 Å². The van der Waals surface area contributed by atoms with Gasteiger partial charge in [0.2, 0.25) is 0 Å². The van der Waals surface area contributed by atoms with Crippen molar-refractivity contribution >= 4 is 0 Å². The Bertz CT molecular complexity index is 644. The van der Waals surface area contributed by atoms with Crippen LogP contribution in [0.15, 0.2) is 36.7 Å². The number of aromatic nitrogens is 1. The molecule has 1 aliphatic rings. The first-order chi connectivity index (χ1) is 10.2. The van der Waals surface area contributed by atoms with Gasteiger partial charge in [0, 0.05) is 36.0 Å². The zero-order chi connectivity index (χ0) is 14.8. The first-order valence-corrected chi connectivity index (χ1v) is 7.29. The Hall–Kier alpha value is -1.94. The number of pyridine rings is 1. The third-order valence-electron chi connectivity index (χ3n) is 3.94. The Morgan fingerprint density at radius 1 is 1.33 bits per heavy atom. The number of fused-ring (bicyclic) bond motifs is 1. The highest BCUT2D eigenvalue weighted by atomic mass is 19.1. The van der Waals surface area contributed by atoms with Crippen molar-refractivity contribution in [2.75, 3.05) is 6.54 Å². The largest absolute Gasteiger partial charge is 0.485 e. The second kappa shape index (κ2) is 5.82. The van der Waals surface area contributed by atoms with Crippen LogP contribution in [0.25, 0.3) is 0 Å². The zero-order valence-corrected chi connectivity index (χ0v) is 12.3. The highest BCUT2D eigenvalue weighted by molar-refractivity contribution is 5.40. The SMILES string of the molecule is CCNC1CC(c2cnccc2C)Oc2ccc(F)cc21. The lowest BCUT2D eigenvalue weighted by atomic mass is 9.92. The maximum absolute atomic E-state index is 13.5. The summed E-state index contributed by atoms with van der Waals surface area (Å²) >= 11 is 0. The third-order valence-corrected chi connectivity index (χ3v) is 3.94. The average molecular weight is 286 g/mol. The summed E-state index contributed by atoms with van der Waals surface area (Å²) in [4.78, 5) is 4.20. The van der Waals surface area contributed by atoms with Crippen LogP contribution in [-0.4, -0.2) is 11.5 Å². The van der Waals surface area contributed by atoms with E-state index in [0.29, 0.717) is 0 Å². The number of hydrogen-bond acceptors (Lipinski definition) is 3. The van der Waals surface area contributed by atoms with E-state index in [-0.39, 0.29) is 18.0 Å². The Kier molecular flexibility index (Phi) is 3.88. The normalized spacial score (nSPS) is 20.7. The molecule has 3 nitrogen and oxygen atoms in total. The number of halogens is 1. The molecule has 21 heavy (non-hydrogen) atoms. The molecule has 0 aliphatic carbocycles. The Morgan fingerprint density at radius 3 is 2.95 bits per heavy atom. The van der Waals surface area contributed by atoms with Crippen molar-refractivity contribution in [1.29, 1.82) is 0 Å². The van der Waals surface area contributed by atoms with Gasteiger partial charge in [0.25, 0.3) is 0 Å². The van der Waals surface area contributed by atoms with Crippen molar-refractivity contribution in [3.63, 3.8) is 0 Å². The van der Waals surface area contributed by atoms with E-state index in [1.807, 2.05) is 12.3 Å². The van der Waals surface area contributed by atoms with Crippen molar-refractivity contribution in [2.24, 2.45) is 0 Å². The predicted octanol–water partition coefficient (Wildman–Crippen LogP) is 3.70. The van der Waals surface area contributed by atoms with Gasteiger partial charge in [-0.3, -0.25) is 4.98 Å². The molecule has 0 fully saturated rings. The lowest BCUT2D eigenvalue weighted by Gasteiger charge is -2.33. The first kappa shape index (κ1) is 14.0. The van der Waals surface area contributed by atoms with E-state index in [2.05, 4.69) is 24.1 Å². The van der Waals surface area contributed by atoms with Gasteiger partial charge >= 0.3 is 0 Å². The summed E-state index contributed by atoms with van der Waals surface area (Å²) in [7, 11) is 0. The van der Waals surface area contributed by atoms with Gasteiger partial charge in [0.15, 0.2) is 0 Å². The number of hydrogen-bond donors (Lipinski definition) is 1. The minimum Gasteiger partial charge on any atom is -0.485 e. The van der Waals surface area contributed by atoms with Crippen molar-refractivity contribution < 1.29 is 9.13 Å². The zero-order valence-electron chi connectivity index (χ0n) is 12.3. The van der Waals surface area contributed by atoms with E-state index in [1.54, 1.807) is 18.3 Å². The Balaban J connectivity index is 1.98. The summed E-state index contributed by atoms with van der Waals surface area (Å²) in [5, 5.41) is 3.42. The molecule has 0 saturated carbocycles. The van der Waals surface area contributed by atoms with Crippen molar-refractivity contribution in [3.8, 4) is 5.75 Å². The van der Waals surface area contributed by atoms with Crippen LogP contribution in [0.2, 0.25) is 0 Å². The quantitative estimate of drug-likeness (QED) is 0.934. The van der Waals surface area contributed by atoms with Crippen LogP contribution < -0.4 is 10.1 Å². The molecule has 2 aromatic rings. The van der Waals surface area contributed by atoms with Crippen LogP contribution in [-0.2, 0) is 0 Å². The van der Waals surface area contributed by atoms with E-state index in [9.17, 15) is 4.39 Å². The number of benzene rings is 1. The molecule has 0 bridgehead atoms. The monoisotopic (exact) mass is 286 g/mol. The summed E-state index contributed by atoms with van der Waals surface area (Å²) in [5.41, 5.74) is 3.15. The van der Waals surface area contributed by atoms with E-state index in [1.165, 1.54) is 6.07 Å². The fraction of sp³-hybridized carbons (Fsp3) is 0.353. The number of nitrogens with zero attached hydrogens (tertiary/aromatic N) is 1. The fourth-order valence-electron chi connectivity index (χ4n) is 2.88. The molecule has 2 heterocycles. The van der Waals surface area contributed by atoms with E-state index >= 15 is 0 Å². The Morgan fingerprint density at radius 2 is 2.19 bits per heavy atom. The summed E-state index contributed by atoms with van der Waals surface area (Å²) < 4.78 is 19.6. The lowest BCUT2D eigenvalue weighted by Crippen LogP contribution is -2.29. The van der Waals surface area contributed by atoms with Crippen LogP contribution >= 0.6 is 0 Å². The second-order valence-electron chi connectivity index (χ2n) is 5.37.